The molecular weight excluding hydrogens is 395 g/mol. The number of carboxylic acids is 2. The van der Waals surface area contributed by atoms with Gasteiger partial charge in [-0.1, -0.05) is 0 Å². The summed E-state index contributed by atoms with van der Waals surface area (Å²) in [5.41, 5.74) is 10.1. The second-order valence-electron chi connectivity index (χ2n) is 3.86. The fourth-order valence-corrected chi connectivity index (χ4v) is 1.35. The van der Waals surface area contributed by atoms with Crippen LogP contribution in [-0.2, 0) is 14.4 Å². The van der Waals surface area contributed by atoms with Gasteiger partial charge in [0.15, 0.2) is 11.7 Å². The molecule has 9 nitrogen and oxygen atoms in total. The summed E-state index contributed by atoms with van der Waals surface area (Å²) >= 11 is 0. The van der Waals surface area contributed by atoms with Gasteiger partial charge in [0, 0.05) is 6.54 Å². The van der Waals surface area contributed by atoms with E-state index in [2.05, 4.69) is 4.99 Å². The third-order valence-electron chi connectivity index (χ3n) is 2.28. The summed E-state index contributed by atoms with van der Waals surface area (Å²) in [5, 5.41) is 26.7. The molecule has 2 atom stereocenters. The van der Waals surface area contributed by atoms with Gasteiger partial charge in [-0.05, 0) is 12.8 Å². The zero-order valence-corrected chi connectivity index (χ0v) is 15.3. The maximum atomic E-state index is 11.6. The zero-order valence-electron chi connectivity index (χ0n) is 12.9. The number of nitrogens with zero attached hydrogens (tertiary/aromatic N) is 1. The predicted octanol–water partition coefficient (Wildman–Crippen LogP) is -2.01. The number of hydrogen-bond acceptors (Lipinski definition) is 5. The largest absolute Gasteiger partial charge is 2.00 e. The van der Waals surface area contributed by atoms with Gasteiger partial charge in [-0.2, -0.15) is 0 Å². The van der Waals surface area contributed by atoms with Crippen LogP contribution in [0.5, 0.6) is 0 Å². The molecule has 0 bridgehead atoms. The van der Waals surface area contributed by atoms with Crippen LogP contribution < -0.4 is 11.5 Å². The van der Waals surface area contributed by atoms with E-state index < -0.39 is 36.2 Å². The molecule has 0 spiro atoms. The number of nitrogens with two attached hydrogens (primary N) is 2. The van der Waals surface area contributed by atoms with Crippen LogP contribution in [0.25, 0.3) is 0 Å². The quantitative estimate of drug-likeness (QED) is 0.0944. The Morgan fingerprint density at radius 1 is 1.20 bits per heavy atom. The average molecular weight is 415 g/mol. The number of Topliss-reactive ketones (excluding diaryl/α,β-unsaturated/α-hetero) is 1. The second-order valence-corrected chi connectivity index (χ2v) is 3.86. The Morgan fingerprint density at radius 2 is 1.75 bits per heavy atom. The minimum atomic E-state index is -1.75. The summed E-state index contributed by atoms with van der Waals surface area (Å²) in [4.78, 5) is 36.4. The second kappa shape index (κ2) is 11.1. The van der Waals surface area contributed by atoms with Crippen LogP contribution in [0.15, 0.2) is 4.99 Å². The Labute approximate surface area is 158 Å². The minimum Gasteiger partial charge on any atom is -1.00 e. The van der Waals surface area contributed by atoms with Crippen molar-refractivity contribution in [2.75, 3.05) is 6.54 Å². The van der Waals surface area contributed by atoms with Gasteiger partial charge in [-0.15, -0.1) is 0 Å². The first-order chi connectivity index (χ1) is 8.75. The van der Waals surface area contributed by atoms with Crippen molar-refractivity contribution >= 4 is 72.6 Å². The molecule has 0 aromatic heterocycles. The van der Waals surface area contributed by atoms with Gasteiger partial charge in [0.2, 0.25) is 0 Å². The van der Waals surface area contributed by atoms with E-state index in [1.165, 1.54) is 0 Å². The molecule has 0 saturated carbocycles. The van der Waals surface area contributed by atoms with E-state index in [-0.39, 0.29) is 77.1 Å². The number of guanidine groups is 1. The Hall–Kier alpha value is -0.589. The van der Waals surface area contributed by atoms with Gasteiger partial charge in [-0.3, -0.25) is 19.4 Å². The predicted molar refractivity (Wildman–Crippen MR) is 72.3 cm³/mol. The third-order valence-corrected chi connectivity index (χ3v) is 2.28. The number of carboxylic acid groups (broad SMARTS) is 2. The van der Waals surface area contributed by atoms with E-state index in [9.17, 15) is 19.5 Å². The first-order valence-corrected chi connectivity index (χ1v) is 5.47. The van der Waals surface area contributed by atoms with Crippen molar-refractivity contribution in [3.05, 3.63) is 0 Å². The Morgan fingerprint density at radius 3 is 2.15 bits per heavy atom. The van der Waals surface area contributed by atoms with Crippen LogP contribution in [-0.4, -0.2) is 101 Å². The summed E-state index contributed by atoms with van der Waals surface area (Å²) in [6.45, 7) is 0.184. The SMILES string of the molecule is NC(N)=NCCCC(O)C(=O)C(CC(=O)O)C(=O)O.[Ba+2].[H-].[H-]. The molecule has 0 saturated heterocycles. The van der Waals surface area contributed by atoms with Crippen LogP contribution in [0.1, 0.15) is 22.1 Å². The molecule has 0 rings (SSSR count). The van der Waals surface area contributed by atoms with E-state index in [1.807, 2.05) is 0 Å². The van der Waals surface area contributed by atoms with Gasteiger partial charge in [0.25, 0.3) is 0 Å². The maximum Gasteiger partial charge on any atom is 2.00 e. The van der Waals surface area contributed by atoms with Crippen molar-refractivity contribution in [3.63, 3.8) is 0 Å². The average Bonchev–Trinajstić information content (AvgIpc) is 2.29. The smallest absolute Gasteiger partial charge is 1.00 e. The fourth-order valence-electron chi connectivity index (χ4n) is 1.35. The molecule has 0 radical (unpaired) electrons. The molecule has 0 amide bonds. The number of aliphatic hydroxyl groups excluding tert-OH is 1. The molecule has 0 aromatic rings. The molecule has 0 aliphatic heterocycles. The first-order valence-electron chi connectivity index (χ1n) is 5.47. The number of aliphatic carboxylic acids is 2. The van der Waals surface area contributed by atoms with Gasteiger partial charge in [-0.25, -0.2) is 0 Å². The normalized spacial score (nSPS) is 12.7. The number of hydrogen-bond donors (Lipinski definition) is 5. The monoisotopic (exact) mass is 415 g/mol. The molecule has 0 aromatic carbocycles. The summed E-state index contributed by atoms with van der Waals surface area (Å²) in [6.07, 6.45) is -2.18. The molecule has 10 heteroatoms. The van der Waals surface area contributed by atoms with Crippen LogP contribution in [0, 0.1) is 5.92 Å². The number of carbonyl (C=O) groups is 3. The van der Waals surface area contributed by atoms with Crippen molar-refractivity contribution in [2.24, 2.45) is 22.4 Å². The van der Waals surface area contributed by atoms with Crippen LogP contribution in [0.4, 0.5) is 0 Å². The van der Waals surface area contributed by atoms with Crippen LogP contribution in [0.2, 0.25) is 0 Å². The van der Waals surface area contributed by atoms with E-state index in [0.717, 1.165) is 0 Å². The van der Waals surface area contributed by atoms with Crippen LogP contribution >= 0.6 is 0 Å². The van der Waals surface area contributed by atoms with Gasteiger partial charge in [0.1, 0.15) is 12.0 Å². The summed E-state index contributed by atoms with van der Waals surface area (Å²) in [6, 6.07) is 0. The Balaban J connectivity index is -0.000000540. The molecule has 0 aliphatic carbocycles. The van der Waals surface area contributed by atoms with Gasteiger partial charge in [0.05, 0.1) is 6.42 Å². The van der Waals surface area contributed by atoms with Crippen molar-refractivity contribution in [3.8, 4) is 0 Å². The van der Waals surface area contributed by atoms with Crippen molar-refractivity contribution < 1.29 is 32.6 Å². The number of rotatable bonds is 9. The number of aliphatic imine (C=N–C) groups is 1. The van der Waals surface area contributed by atoms with Crippen molar-refractivity contribution in [1.82, 2.24) is 0 Å². The molecule has 0 aliphatic rings. The first kappa shape index (κ1) is 21.7. The molecule has 0 fully saturated rings. The maximum absolute atomic E-state index is 11.6. The van der Waals surface area contributed by atoms with E-state index in [0.29, 0.717) is 0 Å². The Kier molecular flexibility index (Phi) is 12.1. The van der Waals surface area contributed by atoms with Crippen LogP contribution in [0.3, 0.4) is 0 Å². The minimum absolute atomic E-state index is 0. The van der Waals surface area contributed by atoms with E-state index in [4.69, 9.17) is 21.7 Å². The summed E-state index contributed by atoms with van der Waals surface area (Å²) in [7, 11) is 0. The van der Waals surface area contributed by atoms with Crippen molar-refractivity contribution in [2.45, 2.75) is 25.4 Å². The number of carbonyl (C=O) groups excluding carboxylic acids is 1. The molecule has 2 unspecified atom stereocenters. The van der Waals surface area contributed by atoms with Gasteiger partial charge < -0.3 is 29.6 Å². The molecule has 0 heterocycles. The number of ketones is 1. The zero-order chi connectivity index (χ0) is 15.0. The molecule has 7 N–H and O–H groups in total. The summed E-state index contributed by atoms with van der Waals surface area (Å²) < 4.78 is 0. The van der Waals surface area contributed by atoms with E-state index in [1.54, 1.807) is 0 Å². The molecular formula is C10H19BaN3O6. The third kappa shape index (κ3) is 9.34. The van der Waals surface area contributed by atoms with Gasteiger partial charge >= 0.3 is 60.8 Å². The topological polar surface area (TPSA) is 176 Å². The number of aliphatic hydroxyl groups is 1. The molecule has 20 heavy (non-hydrogen) atoms. The standard InChI is InChI=1S/C10H17N3O6.Ba.2H/c11-10(12)13-3-1-2-6(14)8(17)5(9(18)19)4-7(15)16;;;/h5-6,14H,1-4H2,(H,15,16)(H,18,19)(H4,11,12,13);;;/q;+2;2*-1. The van der Waals surface area contributed by atoms with Crippen molar-refractivity contribution in [1.29, 1.82) is 0 Å². The molecule has 112 valence electrons. The summed E-state index contributed by atoms with van der Waals surface area (Å²) in [5.74, 6) is -5.91. The Bertz CT molecular complexity index is 393. The fraction of sp³-hybridized carbons (Fsp3) is 0.600. The van der Waals surface area contributed by atoms with E-state index >= 15 is 0 Å².